The normalized spacial score (nSPS) is 20.2. The van der Waals surface area contributed by atoms with E-state index in [2.05, 4.69) is 48.0 Å². The van der Waals surface area contributed by atoms with Crippen LogP contribution >= 0.6 is 0 Å². The highest BCUT2D eigenvalue weighted by Gasteiger charge is 2.32. The van der Waals surface area contributed by atoms with E-state index >= 15 is 0 Å². The van der Waals surface area contributed by atoms with E-state index in [0.29, 0.717) is 25.2 Å². The molecule has 1 N–H and O–H groups in total. The first kappa shape index (κ1) is 19.3. The van der Waals surface area contributed by atoms with E-state index in [-0.39, 0.29) is 23.6 Å². The van der Waals surface area contributed by atoms with Crippen molar-refractivity contribution >= 4 is 5.91 Å². The zero-order valence-electron chi connectivity index (χ0n) is 15.8. The van der Waals surface area contributed by atoms with Crippen LogP contribution in [-0.2, 0) is 11.3 Å². The van der Waals surface area contributed by atoms with Crippen molar-refractivity contribution < 1.29 is 9.18 Å². The second kappa shape index (κ2) is 8.96. The van der Waals surface area contributed by atoms with Crippen molar-refractivity contribution in [1.29, 1.82) is 0 Å². The van der Waals surface area contributed by atoms with Gasteiger partial charge in [-0.2, -0.15) is 0 Å². The van der Waals surface area contributed by atoms with E-state index in [9.17, 15) is 9.18 Å². The molecular formula is C23H27FN2O. The summed E-state index contributed by atoms with van der Waals surface area (Å²) in [6.07, 6.45) is 2.50. The topological polar surface area (TPSA) is 32.3 Å². The van der Waals surface area contributed by atoms with E-state index in [1.165, 1.54) is 17.2 Å². The zero-order valence-corrected chi connectivity index (χ0v) is 15.8. The van der Waals surface area contributed by atoms with Gasteiger partial charge in [0, 0.05) is 31.7 Å². The van der Waals surface area contributed by atoms with Gasteiger partial charge in [-0.15, -0.1) is 6.58 Å². The Kier molecular flexibility index (Phi) is 6.40. The summed E-state index contributed by atoms with van der Waals surface area (Å²) in [6, 6.07) is 15.3. The maximum absolute atomic E-state index is 14.1. The quantitative estimate of drug-likeness (QED) is 0.783. The first-order chi connectivity index (χ1) is 13.1. The summed E-state index contributed by atoms with van der Waals surface area (Å²) in [6.45, 7) is 8.19. The van der Waals surface area contributed by atoms with Gasteiger partial charge in [-0.3, -0.25) is 9.69 Å². The molecule has 1 fully saturated rings. The van der Waals surface area contributed by atoms with Gasteiger partial charge in [0.25, 0.3) is 0 Å². The van der Waals surface area contributed by atoms with Crippen molar-refractivity contribution in [2.75, 3.05) is 19.6 Å². The average molecular weight is 366 g/mol. The summed E-state index contributed by atoms with van der Waals surface area (Å²) in [4.78, 5) is 14.8. The minimum absolute atomic E-state index is 0.0470. The molecule has 0 spiro atoms. The number of aryl methyl sites for hydroxylation is 1. The number of hydrogen-bond acceptors (Lipinski definition) is 2. The third kappa shape index (κ3) is 5.04. The lowest BCUT2D eigenvalue weighted by atomic mass is 9.83. The Morgan fingerprint density at radius 2 is 2.07 bits per heavy atom. The van der Waals surface area contributed by atoms with Crippen LogP contribution in [0.1, 0.15) is 29.0 Å². The molecule has 3 nitrogen and oxygen atoms in total. The summed E-state index contributed by atoms with van der Waals surface area (Å²) in [5.41, 5.74) is 3.13. The SMILES string of the molecule is C=CCNC(=O)[C@H]1C[C@@H](c2cccc(C)c2)CN(Cc2ccccc2F)C1. The maximum Gasteiger partial charge on any atom is 0.224 e. The number of benzene rings is 2. The van der Waals surface area contributed by atoms with Crippen molar-refractivity contribution in [3.63, 3.8) is 0 Å². The second-order valence-corrected chi connectivity index (χ2v) is 7.36. The fourth-order valence-corrected chi connectivity index (χ4v) is 3.86. The van der Waals surface area contributed by atoms with Gasteiger partial charge in [0.2, 0.25) is 5.91 Å². The number of likely N-dealkylation sites (tertiary alicyclic amines) is 1. The summed E-state index contributed by atoms with van der Waals surface area (Å²) < 4.78 is 14.1. The first-order valence-corrected chi connectivity index (χ1v) is 9.47. The number of nitrogens with zero attached hydrogens (tertiary/aromatic N) is 1. The lowest BCUT2D eigenvalue weighted by molar-refractivity contribution is -0.126. The molecule has 2 atom stereocenters. The Morgan fingerprint density at radius 1 is 1.26 bits per heavy atom. The summed E-state index contributed by atoms with van der Waals surface area (Å²) >= 11 is 0. The second-order valence-electron chi connectivity index (χ2n) is 7.36. The average Bonchev–Trinajstić information content (AvgIpc) is 2.67. The number of carbonyl (C=O) groups excluding carboxylic acids is 1. The van der Waals surface area contributed by atoms with Gasteiger partial charge in [-0.1, -0.05) is 54.1 Å². The summed E-state index contributed by atoms with van der Waals surface area (Å²) in [5, 5.41) is 2.92. The van der Waals surface area contributed by atoms with Gasteiger partial charge in [0.1, 0.15) is 5.82 Å². The van der Waals surface area contributed by atoms with E-state index in [0.717, 1.165) is 13.0 Å². The Balaban J connectivity index is 1.81. The Bertz CT molecular complexity index is 804. The van der Waals surface area contributed by atoms with Gasteiger partial charge < -0.3 is 5.32 Å². The van der Waals surface area contributed by atoms with Gasteiger partial charge in [-0.05, 0) is 30.9 Å². The number of hydrogen-bond donors (Lipinski definition) is 1. The van der Waals surface area contributed by atoms with Gasteiger partial charge in [0.05, 0.1) is 5.92 Å². The van der Waals surface area contributed by atoms with Gasteiger partial charge in [0.15, 0.2) is 0 Å². The molecule has 0 aromatic heterocycles. The minimum atomic E-state index is -0.192. The summed E-state index contributed by atoms with van der Waals surface area (Å²) in [5.74, 6) is -0.00508. The van der Waals surface area contributed by atoms with Crippen LogP contribution in [0.2, 0.25) is 0 Å². The predicted octanol–water partition coefficient (Wildman–Crippen LogP) is 4.04. The number of piperidine rings is 1. The monoisotopic (exact) mass is 366 g/mol. The molecule has 2 aromatic rings. The Hall–Kier alpha value is -2.46. The Labute approximate surface area is 160 Å². The molecule has 3 rings (SSSR count). The van der Waals surface area contributed by atoms with Crippen LogP contribution in [0.4, 0.5) is 4.39 Å². The smallest absolute Gasteiger partial charge is 0.224 e. The van der Waals surface area contributed by atoms with Crippen molar-refractivity contribution in [2.45, 2.75) is 25.8 Å². The number of halogens is 1. The van der Waals surface area contributed by atoms with Crippen molar-refractivity contribution in [2.24, 2.45) is 5.92 Å². The molecule has 1 saturated heterocycles. The maximum atomic E-state index is 14.1. The third-order valence-electron chi connectivity index (χ3n) is 5.18. The number of rotatable bonds is 6. The number of carbonyl (C=O) groups is 1. The standard InChI is InChI=1S/C23H27FN2O/c1-3-11-25-23(27)21-13-20(18-9-6-7-17(2)12-18)15-26(16-21)14-19-8-4-5-10-22(19)24/h3-10,12,20-21H,1,11,13-16H2,2H3,(H,25,27)/t20-,21+/m1/s1. The number of nitrogens with one attached hydrogen (secondary N) is 1. The Morgan fingerprint density at radius 3 is 2.81 bits per heavy atom. The van der Waals surface area contributed by atoms with Crippen molar-refractivity contribution in [3.05, 3.63) is 83.7 Å². The fourth-order valence-electron chi connectivity index (χ4n) is 3.86. The van der Waals surface area contributed by atoms with Gasteiger partial charge >= 0.3 is 0 Å². The molecule has 4 heteroatoms. The molecule has 1 aliphatic rings. The third-order valence-corrected chi connectivity index (χ3v) is 5.18. The molecule has 1 heterocycles. The largest absolute Gasteiger partial charge is 0.352 e. The summed E-state index contributed by atoms with van der Waals surface area (Å²) in [7, 11) is 0. The van der Waals surface area contributed by atoms with E-state index in [1.54, 1.807) is 12.1 Å². The van der Waals surface area contributed by atoms with Crippen LogP contribution in [0.15, 0.2) is 61.2 Å². The van der Waals surface area contributed by atoms with Crippen molar-refractivity contribution in [3.8, 4) is 0 Å². The van der Waals surface area contributed by atoms with Crippen LogP contribution in [0.25, 0.3) is 0 Å². The lowest BCUT2D eigenvalue weighted by Crippen LogP contribution is -2.45. The first-order valence-electron chi connectivity index (χ1n) is 9.47. The molecule has 0 saturated carbocycles. The molecule has 2 aromatic carbocycles. The lowest BCUT2D eigenvalue weighted by Gasteiger charge is -2.37. The molecule has 0 unspecified atom stereocenters. The highest BCUT2D eigenvalue weighted by atomic mass is 19.1. The fraction of sp³-hybridized carbons (Fsp3) is 0.348. The number of amides is 1. The van der Waals surface area contributed by atoms with Crippen LogP contribution in [-0.4, -0.2) is 30.4 Å². The highest BCUT2D eigenvalue weighted by Crippen LogP contribution is 2.32. The molecular weight excluding hydrogens is 339 g/mol. The van der Waals surface area contributed by atoms with E-state index < -0.39 is 0 Å². The highest BCUT2D eigenvalue weighted by molar-refractivity contribution is 5.79. The predicted molar refractivity (Wildman–Crippen MR) is 107 cm³/mol. The molecule has 1 amide bonds. The minimum Gasteiger partial charge on any atom is -0.352 e. The molecule has 27 heavy (non-hydrogen) atoms. The van der Waals surface area contributed by atoms with E-state index in [1.807, 2.05) is 12.1 Å². The van der Waals surface area contributed by atoms with Crippen LogP contribution in [0.5, 0.6) is 0 Å². The van der Waals surface area contributed by atoms with Crippen LogP contribution in [0.3, 0.4) is 0 Å². The van der Waals surface area contributed by atoms with Gasteiger partial charge in [-0.25, -0.2) is 4.39 Å². The molecule has 142 valence electrons. The van der Waals surface area contributed by atoms with Crippen LogP contribution < -0.4 is 5.32 Å². The van der Waals surface area contributed by atoms with Crippen LogP contribution in [0, 0.1) is 18.7 Å². The molecule has 0 bridgehead atoms. The zero-order chi connectivity index (χ0) is 19.2. The molecule has 0 aliphatic carbocycles. The molecule has 1 aliphatic heterocycles. The molecule has 0 radical (unpaired) electrons. The van der Waals surface area contributed by atoms with E-state index in [4.69, 9.17) is 0 Å². The van der Waals surface area contributed by atoms with Crippen molar-refractivity contribution in [1.82, 2.24) is 10.2 Å².